The molecule has 0 aliphatic rings. The van der Waals surface area contributed by atoms with E-state index in [-0.39, 0.29) is 18.2 Å². The van der Waals surface area contributed by atoms with Crippen LogP contribution in [0.2, 0.25) is 0 Å². The van der Waals surface area contributed by atoms with Gasteiger partial charge in [-0.3, -0.25) is 14.3 Å². The van der Waals surface area contributed by atoms with Gasteiger partial charge in [0.1, 0.15) is 0 Å². The first-order chi connectivity index (χ1) is 14.5. The number of carbonyl (C=O) groups is 2. The molecule has 1 heterocycles. The van der Waals surface area contributed by atoms with Crippen LogP contribution in [-0.4, -0.2) is 41.9 Å². The smallest absolute Gasteiger partial charge is 0.255 e. The number of para-hydroxylation sites is 2. The van der Waals surface area contributed by atoms with Crippen molar-refractivity contribution in [3.8, 4) is 0 Å². The minimum absolute atomic E-state index is 0.0685. The maximum Gasteiger partial charge on any atom is 0.255 e. The molecule has 0 bridgehead atoms. The summed E-state index contributed by atoms with van der Waals surface area (Å²) in [5, 5.41) is 9.89. The molecule has 0 saturated heterocycles. The minimum Gasteiger partial charge on any atom is -0.397 e. The lowest BCUT2D eigenvalue weighted by atomic mass is 10.1. The van der Waals surface area contributed by atoms with Gasteiger partial charge in [0.15, 0.2) is 0 Å². The van der Waals surface area contributed by atoms with Crippen molar-refractivity contribution in [2.45, 2.75) is 13.0 Å². The highest BCUT2D eigenvalue weighted by Crippen LogP contribution is 2.18. The SMILES string of the molecule is COCCNC(=O)Cc1cnn(Cc2ccc(C(=O)Nc3ccccc3N)cc2)c1. The van der Waals surface area contributed by atoms with Crippen LogP contribution in [0.25, 0.3) is 0 Å². The molecule has 156 valence electrons. The van der Waals surface area contributed by atoms with Gasteiger partial charge in [-0.05, 0) is 35.4 Å². The average Bonchev–Trinajstić information content (AvgIpc) is 3.17. The molecule has 0 spiro atoms. The maximum absolute atomic E-state index is 12.4. The lowest BCUT2D eigenvalue weighted by Gasteiger charge is -2.08. The van der Waals surface area contributed by atoms with Gasteiger partial charge in [0.2, 0.25) is 5.91 Å². The monoisotopic (exact) mass is 407 g/mol. The van der Waals surface area contributed by atoms with Gasteiger partial charge in [0.05, 0.1) is 37.1 Å². The summed E-state index contributed by atoms with van der Waals surface area (Å²) in [6.07, 6.45) is 3.79. The Morgan fingerprint density at radius 1 is 1.10 bits per heavy atom. The second-order valence-electron chi connectivity index (χ2n) is 6.80. The van der Waals surface area contributed by atoms with E-state index < -0.39 is 0 Å². The number of carbonyl (C=O) groups excluding carboxylic acids is 2. The Kier molecular flexibility index (Phi) is 7.18. The zero-order valence-electron chi connectivity index (χ0n) is 16.8. The Labute approximate surface area is 175 Å². The minimum atomic E-state index is -0.222. The zero-order chi connectivity index (χ0) is 21.3. The van der Waals surface area contributed by atoms with E-state index in [2.05, 4.69) is 15.7 Å². The molecule has 8 heteroatoms. The third-order valence-electron chi connectivity index (χ3n) is 4.45. The van der Waals surface area contributed by atoms with Crippen LogP contribution < -0.4 is 16.4 Å². The van der Waals surface area contributed by atoms with E-state index in [0.717, 1.165) is 11.1 Å². The molecule has 3 aromatic rings. The van der Waals surface area contributed by atoms with E-state index in [9.17, 15) is 9.59 Å². The number of anilines is 2. The molecule has 0 aliphatic carbocycles. The molecule has 3 rings (SSSR count). The van der Waals surface area contributed by atoms with Crippen molar-refractivity contribution in [3.05, 3.63) is 77.6 Å². The highest BCUT2D eigenvalue weighted by atomic mass is 16.5. The molecule has 0 aliphatic heterocycles. The average molecular weight is 407 g/mol. The fourth-order valence-corrected chi connectivity index (χ4v) is 2.88. The van der Waals surface area contributed by atoms with E-state index in [1.165, 1.54) is 0 Å². The van der Waals surface area contributed by atoms with Crippen LogP contribution in [0, 0.1) is 0 Å². The molecular weight excluding hydrogens is 382 g/mol. The number of ether oxygens (including phenoxy) is 1. The van der Waals surface area contributed by atoms with Gasteiger partial charge in [-0.25, -0.2) is 0 Å². The Morgan fingerprint density at radius 3 is 2.60 bits per heavy atom. The second kappa shape index (κ2) is 10.2. The van der Waals surface area contributed by atoms with Crippen molar-refractivity contribution >= 4 is 23.2 Å². The van der Waals surface area contributed by atoms with Gasteiger partial charge < -0.3 is 21.1 Å². The van der Waals surface area contributed by atoms with Crippen molar-refractivity contribution in [1.29, 1.82) is 0 Å². The molecule has 4 N–H and O–H groups in total. The molecule has 0 atom stereocenters. The molecule has 0 fully saturated rings. The van der Waals surface area contributed by atoms with Gasteiger partial charge in [0.25, 0.3) is 5.91 Å². The fraction of sp³-hybridized carbons (Fsp3) is 0.227. The van der Waals surface area contributed by atoms with Crippen LogP contribution in [0.15, 0.2) is 60.9 Å². The van der Waals surface area contributed by atoms with Crippen LogP contribution in [0.5, 0.6) is 0 Å². The lowest BCUT2D eigenvalue weighted by Crippen LogP contribution is -2.28. The number of methoxy groups -OCH3 is 1. The predicted octanol–water partition coefficient (Wildman–Crippen LogP) is 2.07. The first kappa shape index (κ1) is 21.1. The van der Waals surface area contributed by atoms with Crippen molar-refractivity contribution in [2.24, 2.45) is 0 Å². The topological polar surface area (TPSA) is 111 Å². The molecule has 0 saturated carbocycles. The zero-order valence-corrected chi connectivity index (χ0v) is 16.8. The van der Waals surface area contributed by atoms with E-state index in [0.29, 0.717) is 36.6 Å². The molecule has 0 radical (unpaired) electrons. The fourth-order valence-electron chi connectivity index (χ4n) is 2.88. The van der Waals surface area contributed by atoms with Crippen LogP contribution in [0.1, 0.15) is 21.5 Å². The van der Waals surface area contributed by atoms with E-state index >= 15 is 0 Å². The van der Waals surface area contributed by atoms with Gasteiger partial charge in [-0.15, -0.1) is 0 Å². The molecule has 1 aromatic heterocycles. The number of nitrogens with two attached hydrogens (primary N) is 1. The lowest BCUT2D eigenvalue weighted by molar-refractivity contribution is -0.120. The van der Waals surface area contributed by atoms with E-state index in [1.807, 2.05) is 30.5 Å². The first-order valence-corrected chi connectivity index (χ1v) is 9.57. The molecule has 0 unspecified atom stereocenters. The predicted molar refractivity (Wildman–Crippen MR) is 115 cm³/mol. The van der Waals surface area contributed by atoms with E-state index in [4.69, 9.17) is 10.5 Å². The van der Waals surface area contributed by atoms with Crippen molar-refractivity contribution in [3.63, 3.8) is 0 Å². The number of nitrogens with one attached hydrogen (secondary N) is 2. The second-order valence-corrected chi connectivity index (χ2v) is 6.80. The summed E-state index contributed by atoms with van der Waals surface area (Å²) >= 11 is 0. The van der Waals surface area contributed by atoms with Crippen LogP contribution in [0.3, 0.4) is 0 Å². The summed E-state index contributed by atoms with van der Waals surface area (Å²) in [6.45, 7) is 1.51. The standard InChI is InChI=1S/C22H25N5O3/c1-30-11-10-24-21(28)12-17-13-25-27(15-17)14-16-6-8-18(9-7-16)22(29)26-20-5-3-2-4-19(20)23/h2-9,13,15H,10-12,14,23H2,1H3,(H,24,28)(H,26,29). The number of hydrogen-bond acceptors (Lipinski definition) is 5. The molecule has 30 heavy (non-hydrogen) atoms. The third-order valence-corrected chi connectivity index (χ3v) is 4.45. The van der Waals surface area contributed by atoms with Gasteiger partial charge >= 0.3 is 0 Å². The Hall–Kier alpha value is -3.65. The number of benzene rings is 2. The third kappa shape index (κ3) is 5.92. The van der Waals surface area contributed by atoms with E-state index in [1.54, 1.807) is 42.3 Å². The van der Waals surface area contributed by atoms with Crippen molar-refractivity contribution in [2.75, 3.05) is 31.3 Å². The molecule has 2 amide bonds. The largest absolute Gasteiger partial charge is 0.397 e. The number of amides is 2. The quantitative estimate of drug-likeness (QED) is 0.371. The number of rotatable bonds is 9. The van der Waals surface area contributed by atoms with Gasteiger partial charge in [-0.2, -0.15) is 5.10 Å². The van der Waals surface area contributed by atoms with Crippen molar-refractivity contribution in [1.82, 2.24) is 15.1 Å². The first-order valence-electron chi connectivity index (χ1n) is 9.57. The molecule has 2 aromatic carbocycles. The van der Waals surface area contributed by atoms with Gasteiger partial charge in [0, 0.05) is 25.4 Å². The number of nitrogens with zero attached hydrogens (tertiary/aromatic N) is 2. The molecular formula is C22H25N5O3. The van der Waals surface area contributed by atoms with Crippen LogP contribution in [0.4, 0.5) is 11.4 Å². The maximum atomic E-state index is 12.4. The highest BCUT2D eigenvalue weighted by molar-refractivity contribution is 6.05. The summed E-state index contributed by atoms with van der Waals surface area (Å²) in [5.74, 6) is -0.290. The van der Waals surface area contributed by atoms with Crippen LogP contribution in [-0.2, 0) is 22.5 Å². The number of hydrogen-bond donors (Lipinski definition) is 3. The normalized spacial score (nSPS) is 10.6. The van der Waals surface area contributed by atoms with Gasteiger partial charge in [-0.1, -0.05) is 24.3 Å². The number of aromatic nitrogens is 2. The summed E-state index contributed by atoms with van der Waals surface area (Å²) in [6, 6.07) is 14.4. The Balaban J connectivity index is 1.54. The number of nitrogen functional groups attached to an aromatic ring is 1. The van der Waals surface area contributed by atoms with Crippen molar-refractivity contribution < 1.29 is 14.3 Å². The summed E-state index contributed by atoms with van der Waals surface area (Å²) in [4.78, 5) is 24.3. The van der Waals surface area contributed by atoms with Crippen LogP contribution >= 0.6 is 0 Å². The Bertz CT molecular complexity index is 998. The summed E-state index contributed by atoms with van der Waals surface area (Å²) < 4.78 is 6.67. The highest BCUT2D eigenvalue weighted by Gasteiger charge is 2.09. The summed E-state index contributed by atoms with van der Waals surface area (Å²) in [5.41, 5.74) is 9.33. The Morgan fingerprint density at radius 2 is 1.87 bits per heavy atom. The molecule has 8 nitrogen and oxygen atoms in total. The summed E-state index contributed by atoms with van der Waals surface area (Å²) in [7, 11) is 1.59.